The molecule has 0 aliphatic carbocycles. The Hall–Kier alpha value is -1.32. The fourth-order valence-corrected chi connectivity index (χ4v) is 1.82. The number of hydrogen-bond donors (Lipinski definition) is 1. The maximum Gasteiger partial charge on any atom is 0.310 e. The van der Waals surface area contributed by atoms with Crippen molar-refractivity contribution < 1.29 is 14.7 Å². The van der Waals surface area contributed by atoms with Crippen molar-refractivity contribution in [2.45, 2.75) is 65.4 Å². The molecule has 0 fully saturated rings. The minimum absolute atomic E-state index is 0.236. The molecule has 0 heterocycles. The number of esters is 1. The summed E-state index contributed by atoms with van der Waals surface area (Å²) >= 11 is 0. The molecule has 4 nitrogen and oxygen atoms in total. The van der Waals surface area contributed by atoms with Gasteiger partial charge in [-0.15, -0.1) is 5.16 Å². The molecule has 0 aromatic rings. The van der Waals surface area contributed by atoms with Gasteiger partial charge in [-0.1, -0.05) is 25.5 Å². The molecular formula is C15H27NO3. The molecule has 1 unspecified atom stereocenters. The molecule has 0 saturated carbocycles. The Balaban J connectivity index is 4.07. The molecule has 4 heteroatoms. The number of carbonyl (C=O) groups is 1. The lowest BCUT2D eigenvalue weighted by molar-refractivity contribution is -0.153. The van der Waals surface area contributed by atoms with Crippen LogP contribution in [0.15, 0.2) is 17.3 Å². The quantitative estimate of drug-likeness (QED) is 0.239. The number of rotatable bonds is 8. The average molecular weight is 269 g/mol. The SMILES string of the molecule is C=C(CCC(/C=N/O)CCC)CC(=O)OC(C)(C)C. The first-order chi connectivity index (χ1) is 8.78. The van der Waals surface area contributed by atoms with E-state index in [2.05, 4.69) is 18.7 Å². The monoisotopic (exact) mass is 269 g/mol. The van der Waals surface area contributed by atoms with Crippen molar-refractivity contribution in [2.75, 3.05) is 0 Å². The van der Waals surface area contributed by atoms with Gasteiger partial charge in [-0.05, 0) is 46.0 Å². The van der Waals surface area contributed by atoms with E-state index >= 15 is 0 Å². The van der Waals surface area contributed by atoms with Crippen LogP contribution in [-0.4, -0.2) is 23.0 Å². The number of nitrogens with zero attached hydrogens (tertiary/aromatic N) is 1. The highest BCUT2D eigenvalue weighted by molar-refractivity contribution is 5.72. The highest BCUT2D eigenvalue weighted by Gasteiger charge is 2.17. The first-order valence-corrected chi connectivity index (χ1v) is 6.84. The highest BCUT2D eigenvalue weighted by atomic mass is 16.6. The fourth-order valence-electron chi connectivity index (χ4n) is 1.82. The Morgan fingerprint density at radius 3 is 2.53 bits per heavy atom. The summed E-state index contributed by atoms with van der Waals surface area (Å²) in [4.78, 5) is 11.6. The summed E-state index contributed by atoms with van der Waals surface area (Å²) in [6, 6.07) is 0. The van der Waals surface area contributed by atoms with Gasteiger partial charge in [0.05, 0.1) is 6.42 Å². The lowest BCUT2D eigenvalue weighted by Crippen LogP contribution is -2.23. The van der Waals surface area contributed by atoms with Gasteiger partial charge in [0.2, 0.25) is 0 Å². The molecule has 0 rings (SSSR count). The van der Waals surface area contributed by atoms with Crippen molar-refractivity contribution in [3.05, 3.63) is 12.2 Å². The third-order valence-electron chi connectivity index (χ3n) is 2.62. The van der Waals surface area contributed by atoms with Crippen LogP contribution in [0, 0.1) is 5.92 Å². The van der Waals surface area contributed by atoms with Crippen molar-refractivity contribution >= 4 is 12.2 Å². The van der Waals surface area contributed by atoms with Crippen molar-refractivity contribution in [2.24, 2.45) is 11.1 Å². The Morgan fingerprint density at radius 1 is 1.42 bits per heavy atom. The zero-order valence-electron chi connectivity index (χ0n) is 12.6. The van der Waals surface area contributed by atoms with Gasteiger partial charge in [-0.25, -0.2) is 0 Å². The van der Waals surface area contributed by atoms with E-state index in [1.54, 1.807) is 6.21 Å². The highest BCUT2D eigenvalue weighted by Crippen LogP contribution is 2.18. The molecule has 0 radical (unpaired) electrons. The zero-order chi connectivity index (χ0) is 14.9. The minimum atomic E-state index is -0.453. The second-order valence-electron chi connectivity index (χ2n) is 5.87. The molecular weight excluding hydrogens is 242 g/mol. The largest absolute Gasteiger partial charge is 0.460 e. The number of carbonyl (C=O) groups excluding carboxylic acids is 1. The maximum absolute atomic E-state index is 11.6. The number of oxime groups is 1. The van der Waals surface area contributed by atoms with Gasteiger partial charge in [0, 0.05) is 6.21 Å². The van der Waals surface area contributed by atoms with Crippen molar-refractivity contribution in [3.8, 4) is 0 Å². The molecule has 1 atom stereocenters. The van der Waals surface area contributed by atoms with Gasteiger partial charge in [-0.3, -0.25) is 4.79 Å². The molecule has 0 aromatic carbocycles. The van der Waals surface area contributed by atoms with Gasteiger partial charge < -0.3 is 9.94 Å². The van der Waals surface area contributed by atoms with E-state index in [1.807, 2.05) is 20.8 Å². The van der Waals surface area contributed by atoms with Gasteiger partial charge in [0.25, 0.3) is 0 Å². The van der Waals surface area contributed by atoms with Crippen molar-refractivity contribution in [1.82, 2.24) is 0 Å². The van der Waals surface area contributed by atoms with Crippen LogP contribution in [0.1, 0.15) is 59.8 Å². The molecule has 0 aliphatic rings. The number of hydrogen-bond acceptors (Lipinski definition) is 4. The summed E-state index contributed by atoms with van der Waals surface area (Å²) in [7, 11) is 0. The van der Waals surface area contributed by atoms with E-state index in [9.17, 15) is 4.79 Å². The first-order valence-electron chi connectivity index (χ1n) is 6.84. The third kappa shape index (κ3) is 10.3. The minimum Gasteiger partial charge on any atom is -0.460 e. The smallest absolute Gasteiger partial charge is 0.310 e. The van der Waals surface area contributed by atoms with E-state index in [4.69, 9.17) is 9.94 Å². The van der Waals surface area contributed by atoms with Crippen molar-refractivity contribution in [1.29, 1.82) is 0 Å². The van der Waals surface area contributed by atoms with Crippen LogP contribution >= 0.6 is 0 Å². The molecule has 19 heavy (non-hydrogen) atoms. The Labute approximate surface area is 116 Å². The predicted octanol–water partition coefficient (Wildman–Crippen LogP) is 3.93. The Bertz CT molecular complexity index is 316. The van der Waals surface area contributed by atoms with Crippen LogP contribution in [0.4, 0.5) is 0 Å². The number of ether oxygens (including phenoxy) is 1. The maximum atomic E-state index is 11.6. The summed E-state index contributed by atoms with van der Waals surface area (Å²) in [5, 5.41) is 11.7. The Kier molecular flexibility index (Phi) is 8.12. The summed E-state index contributed by atoms with van der Waals surface area (Å²) in [5.74, 6) is 0.00533. The van der Waals surface area contributed by atoms with Gasteiger partial charge in [-0.2, -0.15) is 0 Å². The second-order valence-corrected chi connectivity index (χ2v) is 5.87. The van der Waals surface area contributed by atoms with Crippen LogP contribution in [0.25, 0.3) is 0 Å². The van der Waals surface area contributed by atoms with E-state index < -0.39 is 5.60 Å². The average Bonchev–Trinajstić information content (AvgIpc) is 2.23. The standard InChI is InChI=1S/C15H27NO3/c1-6-7-13(11-16-18)9-8-12(2)10-14(17)19-15(3,4)5/h11,13,18H,2,6-10H2,1,3-5H3/b16-11+. The molecule has 0 aromatic heterocycles. The van der Waals surface area contributed by atoms with Crippen molar-refractivity contribution in [3.63, 3.8) is 0 Å². The fraction of sp³-hybridized carbons (Fsp3) is 0.733. The normalized spacial score (nSPS) is 13.5. The van der Waals surface area contributed by atoms with E-state index in [-0.39, 0.29) is 18.3 Å². The molecule has 0 saturated heterocycles. The van der Waals surface area contributed by atoms with Crippen LogP contribution in [0.2, 0.25) is 0 Å². The molecule has 0 spiro atoms. The third-order valence-corrected chi connectivity index (χ3v) is 2.62. The van der Waals surface area contributed by atoms with E-state index in [0.29, 0.717) is 0 Å². The van der Waals surface area contributed by atoms with E-state index in [1.165, 1.54) is 0 Å². The summed E-state index contributed by atoms with van der Waals surface area (Å²) < 4.78 is 5.24. The predicted molar refractivity (Wildman–Crippen MR) is 77.5 cm³/mol. The van der Waals surface area contributed by atoms with Gasteiger partial charge in [0.15, 0.2) is 0 Å². The molecule has 1 N–H and O–H groups in total. The van der Waals surface area contributed by atoms with Crippen LogP contribution in [0.5, 0.6) is 0 Å². The molecule has 110 valence electrons. The lowest BCUT2D eigenvalue weighted by atomic mass is 9.96. The van der Waals surface area contributed by atoms with E-state index in [0.717, 1.165) is 31.3 Å². The summed E-state index contributed by atoms with van der Waals surface area (Å²) in [6.07, 6.45) is 5.42. The Morgan fingerprint density at radius 2 is 2.05 bits per heavy atom. The topological polar surface area (TPSA) is 58.9 Å². The molecule has 0 bridgehead atoms. The van der Waals surface area contributed by atoms with Crippen LogP contribution in [-0.2, 0) is 9.53 Å². The molecule has 0 amide bonds. The summed E-state index contributed by atoms with van der Waals surface area (Å²) in [5.41, 5.74) is 0.410. The zero-order valence-corrected chi connectivity index (χ0v) is 12.6. The lowest BCUT2D eigenvalue weighted by Gasteiger charge is -2.20. The molecule has 0 aliphatic heterocycles. The van der Waals surface area contributed by atoms with Crippen LogP contribution < -0.4 is 0 Å². The van der Waals surface area contributed by atoms with Crippen LogP contribution in [0.3, 0.4) is 0 Å². The first kappa shape index (κ1) is 17.7. The second kappa shape index (κ2) is 8.73. The summed E-state index contributed by atoms with van der Waals surface area (Å²) in [6.45, 7) is 11.5. The van der Waals surface area contributed by atoms with Gasteiger partial charge in [0.1, 0.15) is 5.60 Å². The van der Waals surface area contributed by atoms with Gasteiger partial charge >= 0.3 is 5.97 Å².